The first-order valence-electron chi connectivity index (χ1n) is 4.34. The molecule has 0 aliphatic rings. The van der Waals surface area contributed by atoms with E-state index in [1.165, 1.54) is 17.7 Å². The van der Waals surface area contributed by atoms with Crippen molar-refractivity contribution in [1.82, 2.24) is 19.9 Å². The van der Waals surface area contributed by atoms with Gasteiger partial charge >= 0.3 is 0 Å². The molecule has 0 atom stereocenters. The van der Waals surface area contributed by atoms with Crippen LogP contribution in [0.5, 0.6) is 0 Å². The molecular formula is C9H7N5S. The normalized spacial score (nSPS) is 10.9. The summed E-state index contributed by atoms with van der Waals surface area (Å²) in [6.07, 6.45) is 3.19. The molecule has 0 aromatic carbocycles. The summed E-state index contributed by atoms with van der Waals surface area (Å²) in [4.78, 5) is 16.5. The van der Waals surface area contributed by atoms with Crippen LogP contribution >= 0.6 is 11.3 Å². The van der Waals surface area contributed by atoms with Gasteiger partial charge < -0.3 is 10.7 Å². The van der Waals surface area contributed by atoms with Gasteiger partial charge in [0.2, 0.25) is 0 Å². The van der Waals surface area contributed by atoms with E-state index in [2.05, 4.69) is 19.9 Å². The second-order valence-corrected chi connectivity index (χ2v) is 4.16. The zero-order valence-electron chi connectivity index (χ0n) is 7.64. The van der Waals surface area contributed by atoms with Crippen LogP contribution in [0.1, 0.15) is 0 Å². The van der Waals surface area contributed by atoms with Gasteiger partial charge in [-0.3, -0.25) is 0 Å². The second kappa shape index (κ2) is 3.03. The second-order valence-electron chi connectivity index (χ2n) is 3.05. The molecule has 3 N–H and O–H groups in total. The van der Waals surface area contributed by atoms with E-state index in [9.17, 15) is 0 Å². The van der Waals surface area contributed by atoms with Crippen LogP contribution in [0, 0.1) is 0 Å². The Kier molecular flexibility index (Phi) is 1.69. The van der Waals surface area contributed by atoms with Crippen molar-refractivity contribution in [2.45, 2.75) is 0 Å². The molecule has 3 aromatic heterocycles. The molecule has 3 aromatic rings. The molecule has 15 heavy (non-hydrogen) atoms. The minimum Gasteiger partial charge on any atom is -0.391 e. The van der Waals surface area contributed by atoms with Crippen LogP contribution in [-0.2, 0) is 0 Å². The highest BCUT2D eigenvalue weighted by Gasteiger charge is 2.07. The average molecular weight is 217 g/mol. The molecule has 6 heteroatoms. The van der Waals surface area contributed by atoms with E-state index in [1.807, 2.05) is 12.1 Å². The predicted molar refractivity (Wildman–Crippen MR) is 59.4 cm³/mol. The molecule has 0 aliphatic heterocycles. The fourth-order valence-corrected chi connectivity index (χ4v) is 2.08. The van der Waals surface area contributed by atoms with E-state index in [0.29, 0.717) is 5.65 Å². The van der Waals surface area contributed by atoms with Crippen LogP contribution < -0.4 is 5.73 Å². The van der Waals surface area contributed by atoms with Crippen LogP contribution in [0.4, 0.5) is 5.00 Å². The smallest absolute Gasteiger partial charge is 0.181 e. The third kappa shape index (κ3) is 1.35. The van der Waals surface area contributed by atoms with Gasteiger partial charge in [0.15, 0.2) is 11.5 Å². The molecular weight excluding hydrogens is 210 g/mol. The van der Waals surface area contributed by atoms with Crippen molar-refractivity contribution in [2.24, 2.45) is 0 Å². The van der Waals surface area contributed by atoms with E-state index in [0.717, 1.165) is 21.2 Å². The van der Waals surface area contributed by atoms with E-state index >= 15 is 0 Å². The fraction of sp³-hybridized carbons (Fsp3) is 0. The number of nitrogens with one attached hydrogen (secondary N) is 1. The number of thiophene rings is 1. The molecule has 3 heterocycles. The Morgan fingerprint density at radius 3 is 3.00 bits per heavy atom. The maximum atomic E-state index is 5.66. The van der Waals surface area contributed by atoms with Crippen molar-refractivity contribution >= 4 is 27.5 Å². The molecule has 0 amide bonds. The highest BCUT2D eigenvalue weighted by Crippen LogP contribution is 2.28. The van der Waals surface area contributed by atoms with Crippen molar-refractivity contribution in [1.29, 1.82) is 0 Å². The van der Waals surface area contributed by atoms with Gasteiger partial charge in [0, 0.05) is 0 Å². The number of fused-ring (bicyclic) bond motifs is 1. The van der Waals surface area contributed by atoms with Crippen LogP contribution in [0.2, 0.25) is 0 Å². The Morgan fingerprint density at radius 2 is 2.27 bits per heavy atom. The first-order chi connectivity index (χ1) is 7.33. The molecule has 0 radical (unpaired) electrons. The Bertz CT molecular complexity index is 579. The molecule has 5 nitrogen and oxygen atoms in total. The maximum absolute atomic E-state index is 5.66. The van der Waals surface area contributed by atoms with Gasteiger partial charge in [-0.05, 0) is 12.1 Å². The fourth-order valence-electron chi connectivity index (χ4n) is 1.36. The van der Waals surface area contributed by atoms with Gasteiger partial charge in [0.05, 0.1) is 16.1 Å². The van der Waals surface area contributed by atoms with Gasteiger partial charge in [0.1, 0.15) is 11.8 Å². The van der Waals surface area contributed by atoms with Crippen LogP contribution in [0.15, 0.2) is 24.7 Å². The van der Waals surface area contributed by atoms with Crippen molar-refractivity contribution in [2.75, 3.05) is 5.73 Å². The van der Waals surface area contributed by atoms with Crippen LogP contribution in [0.3, 0.4) is 0 Å². The molecule has 3 rings (SSSR count). The summed E-state index contributed by atoms with van der Waals surface area (Å²) in [5.41, 5.74) is 7.17. The summed E-state index contributed by atoms with van der Waals surface area (Å²) in [7, 11) is 0. The number of aromatic amines is 1. The summed E-state index contributed by atoms with van der Waals surface area (Å²) >= 11 is 1.49. The SMILES string of the molecule is Nc1ccc(-c2nc3ncncc3[nH]2)s1. The number of nitrogens with zero attached hydrogens (tertiary/aromatic N) is 3. The Morgan fingerprint density at radius 1 is 1.33 bits per heavy atom. The Hall–Kier alpha value is -1.95. The van der Waals surface area contributed by atoms with Gasteiger partial charge in [-0.15, -0.1) is 11.3 Å². The third-order valence-electron chi connectivity index (χ3n) is 2.02. The number of imidazole rings is 1. The third-order valence-corrected chi connectivity index (χ3v) is 2.94. The van der Waals surface area contributed by atoms with Gasteiger partial charge in [0.25, 0.3) is 0 Å². The van der Waals surface area contributed by atoms with Crippen molar-refractivity contribution in [3.05, 3.63) is 24.7 Å². The number of rotatable bonds is 1. The van der Waals surface area contributed by atoms with E-state index in [1.54, 1.807) is 6.20 Å². The molecule has 0 unspecified atom stereocenters. The summed E-state index contributed by atoms with van der Waals surface area (Å²) in [6.45, 7) is 0. The zero-order valence-corrected chi connectivity index (χ0v) is 8.45. The number of aromatic nitrogens is 4. The van der Waals surface area contributed by atoms with Crippen molar-refractivity contribution in [3.63, 3.8) is 0 Å². The first-order valence-corrected chi connectivity index (χ1v) is 5.16. The summed E-state index contributed by atoms with van der Waals surface area (Å²) in [5, 5.41) is 0.775. The highest BCUT2D eigenvalue weighted by molar-refractivity contribution is 7.19. The molecule has 0 fully saturated rings. The van der Waals surface area contributed by atoms with Gasteiger partial charge in [-0.2, -0.15) is 0 Å². The molecule has 0 spiro atoms. The van der Waals surface area contributed by atoms with Crippen LogP contribution in [0.25, 0.3) is 21.9 Å². The van der Waals surface area contributed by atoms with Gasteiger partial charge in [-0.25, -0.2) is 15.0 Å². The number of nitrogen functional groups attached to an aromatic ring is 1. The standard InChI is InChI=1S/C9H7N5S/c10-7-2-1-6(15-7)9-13-5-3-11-4-12-8(5)14-9/h1-4H,10H2,(H,11,12,13,14). The highest BCUT2D eigenvalue weighted by atomic mass is 32.1. The van der Waals surface area contributed by atoms with Crippen molar-refractivity contribution < 1.29 is 0 Å². The van der Waals surface area contributed by atoms with E-state index in [4.69, 9.17) is 5.73 Å². The predicted octanol–water partition coefficient (Wildman–Crippen LogP) is 1.66. The lowest BCUT2D eigenvalue weighted by Gasteiger charge is -1.86. The minimum absolute atomic E-state index is 0.673. The van der Waals surface area contributed by atoms with Crippen molar-refractivity contribution in [3.8, 4) is 10.7 Å². The quantitative estimate of drug-likeness (QED) is 0.649. The monoisotopic (exact) mass is 217 g/mol. The lowest BCUT2D eigenvalue weighted by Crippen LogP contribution is -1.76. The number of hydrogen-bond acceptors (Lipinski definition) is 5. The number of anilines is 1. The Labute approximate surface area is 89.0 Å². The van der Waals surface area contributed by atoms with Crippen LogP contribution in [-0.4, -0.2) is 19.9 Å². The zero-order chi connectivity index (χ0) is 10.3. The van der Waals surface area contributed by atoms with Gasteiger partial charge in [-0.1, -0.05) is 0 Å². The van der Waals surface area contributed by atoms with E-state index in [-0.39, 0.29) is 0 Å². The molecule has 0 aliphatic carbocycles. The molecule has 74 valence electrons. The summed E-state index contributed by atoms with van der Waals surface area (Å²) in [5.74, 6) is 0.784. The molecule has 0 bridgehead atoms. The Balaban J connectivity index is 2.19. The lowest BCUT2D eigenvalue weighted by molar-refractivity contribution is 1.20. The topological polar surface area (TPSA) is 80.5 Å². The number of hydrogen-bond donors (Lipinski definition) is 2. The first kappa shape index (κ1) is 8.37. The maximum Gasteiger partial charge on any atom is 0.181 e. The van der Waals surface area contributed by atoms with E-state index < -0.39 is 0 Å². The summed E-state index contributed by atoms with van der Waals surface area (Å²) in [6, 6.07) is 3.80. The lowest BCUT2D eigenvalue weighted by atomic mass is 10.4. The largest absolute Gasteiger partial charge is 0.391 e. The summed E-state index contributed by atoms with van der Waals surface area (Å²) < 4.78 is 0. The number of H-pyrrole nitrogens is 1. The molecule has 0 saturated carbocycles. The minimum atomic E-state index is 0.673. The molecule has 0 saturated heterocycles. The number of nitrogens with two attached hydrogens (primary N) is 1. The average Bonchev–Trinajstić information content (AvgIpc) is 2.82.